The predicted octanol–water partition coefficient (Wildman–Crippen LogP) is 2.19. The lowest BCUT2D eigenvalue weighted by atomic mass is 9.89. The first-order valence-electron chi connectivity index (χ1n) is 5.24. The van der Waals surface area contributed by atoms with Crippen LogP contribution >= 0.6 is 0 Å². The van der Waals surface area contributed by atoms with Gasteiger partial charge in [-0.15, -0.1) is 0 Å². The Balaban J connectivity index is 2.55. The van der Waals surface area contributed by atoms with Crippen LogP contribution in [0.25, 0.3) is 0 Å². The fourth-order valence-electron chi connectivity index (χ4n) is 1.80. The summed E-state index contributed by atoms with van der Waals surface area (Å²) in [6, 6.07) is 0. The minimum Gasteiger partial charge on any atom is -0.481 e. The Bertz CT molecular complexity index is 302. The van der Waals surface area contributed by atoms with Gasteiger partial charge in [-0.25, -0.2) is 0 Å². The molecule has 3 heteroatoms. The number of rotatable bonds is 5. The average molecular weight is 208 g/mol. The molecule has 0 aromatic heterocycles. The molecule has 0 spiro atoms. The summed E-state index contributed by atoms with van der Waals surface area (Å²) in [4.78, 5) is 22.0. The summed E-state index contributed by atoms with van der Waals surface area (Å²) in [7, 11) is 0. The van der Waals surface area contributed by atoms with Gasteiger partial charge in [-0.1, -0.05) is 25.2 Å². The molecule has 0 radical (unpaired) electrons. The van der Waals surface area contributed by atoms with Crippen molar-refractivity contribution in [3.05, 3.63) is 24.3 Å². The maximum Gasteiger partial charge on any atom is 0.303 e. The van der Waals surface area contributed by atoms with Gasteiger partial charge in [0, 0.05) is 5.92 Å². The number of hydrogen-bond donors (Lipinski definition) is 1. The monoisotopic (exact) mass is 208 g/mol. The molecular weight excluding hydrogens is 192 g/mol. The van der Waals surface area contributed by atoms with E-state index in [-0.39, 0.29) is 24.0 Å². The van der Waals surface area contributed by atoms with Gasteiger partial charge in [0.25, 0.3) is 0 Å². The smallest absolute Gasteiger partial charge is 0.303 e. The van der Waals surface area contributed by atoms with Crippen LogP contribution in [0.1, 0.15) is 26.2 Å². The van der Waals surface area contributed by atoms with E-state index in [0.29, 0.717) is 6.42 Å². The Morgan fingerprint density at radius 2 is 2.27 bits per heavy atom. The predicted molar refractivity (Wildman–Crippen MR) is 57.4 cm³/mol. The number of carbonyl (C=O) groups excluding carboxylic acids is 1. The van der Waals surface area contributed by atoms with Gasteiger partial charge >= 0.3 is 5.97 Å². The van der Waals surface area contributed by atoms with E-state index in [1.165, 1.54) is 6.08 Å². The number of aliphatic carboxylic acids is 1. The van der Waals surface area contributed by atoms with Crippen LogP contribution in [0, 0.1) is 11.8 Å². The molecule has 0 aliphatic heterocycles. The molecule has 0 aromatic carbocycles. The molecule has 0 saturated heterocycles. The second-order valence-electron chi connectivity index (χ2n) is 3.75. The van der Waals surface area contributed by atoms with Crippen LogP contribution in [-0.2, 0) is 9.59 Å². The molecule has 0 bridgehead atoms. The summed E-state index contributed by atoms with van der Waals surface area (Å²) in [5.41, 5.74) is 0. The summed E-state index contributed by atoms with van der Waals surface area (Å²) in [6.07, 6.45) is 8.84. The molecule has 0 aromatic rings. The van der Waals surface area contributed by atoms with E-state index in [4.69, 9.17) is 5.11 Å². The lowest BCUT2D eigenvalue weighted by Gasteiger charge is -2.13. The van der Waals surface area contributed by atoms with Crippen LogP contribution in [0.4, 0.5) is 0 Å². The molecule has 0 saturated carbocycles. The Kier molecular flexibility index (Phi) is 4.28. The molecule has 1 aliphatic carbocycles. The number of allylic oxidation sites excluding steroid dienone is 4. The Labute approximate surface area is 89.5 Å². The van der Waals surface area contributed by atoms with E-state index < -0.39 is 5.97 Å². The molecule has 1 rings (SSSR count). The quantitative estimate of drug-likeness (QED) is 0.704. The summed E-state index contributed by atoms with van der Waals surface area (Å²) in [5, 5.41) is 8.69. The molecule has 0 amide bonds. The number of carboxylic acids is 1. The van der Waals surface area contributed by atoms with E-state index in [1.54, 1.807) is 6.08 Å². The second kappa shape index (κ2) is 5.49. The maximum absolute atomic E-state index is 11.4. The summed E-state index contributed by atoms with van der Waals surface area (Å²) in [6.45, 7) is 2.03. The highest BCUT2D eigenvalue weighted by Crippen LogP contribution is 2.28. The van der Waals surface area contributed by atoms with Crippen molar-refractivity contribution in [2.75, 3.05) is 0 Å². The number of ketones is 1. The highest BCUT2D eigenvalue weighted by atomic mass is 16.4. The van der Waals surface area contributed by atoms with Crippen LogP contribution in [0.5, 0.6) is 0 Å². The molecule has 1 aliphatic rings. The van der Waals surface area contributed by atoms with Crippen LogP contribution < -0.4 is 0 Å². The van der Waals surface area contributed by atoms with Crippen molar-refractivity contribution in [2.45, 2.75) is 26.2 Å². The van der Waals surface area contributed by atoms with Crippen molar-refractivity contribution in [3.8, 4) is 0 Å². The zero-order valence-electron chi connectivity index (χ0n) is 8.85. The van der Waals surface area contributed by atoms with Crippen molar-refractivity contribution < 1.29 is 14.7 Å². The molecule has 0 fully saturated rings. The van der Waals surface area contributed by atoms with Crippen LogP contribution in [0.2, 0.25) is 0 Å². The Morgan fingerprint density at radius 1 is 1.53 bits per heavy atom. The molecule has 2 atom stereocenters. The minimum atomic E-state index is -0.844. The number of hydrogen-bond acceptors (Lipinski definition) is 2. The first kappa shape index (κ1) is 11.7. The van der Waals surface area contributed by atoms with Crippen molar-refractivity contribution in [1.29, 1.82) is 0 Å². The van der Waals surface area contributed by atoms with Crippen molar-refractivity contribution in [1.82, 2.24) is 0 Å². The van der Waals surface area contributed by atoms with Gasteiger partial charge in [-0.05, 0) is 24.8 Å². The van der Waals surface area contributed by atoms with Gasteiger partial charge in [-0.3, -0.25) is 9.59 Å². The van der Waals surface area contributed by atoms with E-state index in [0.717, 1.165) is 6.42 Å². The zero-order valence-corrected chi connectivity index (χ0v) is 8.85. The zero-order chi connectivity index (χ0) is 11.3. The molecule has 0 heterocycles. The van der Waals surface area contributed by atoms with Gasteiger partial charge in [0.05, 0.1) is 6.42 Å². The topological polar surface area (TPSA) is 54.4 Å². The lowest BCUT2D eigenvalue weighted by Crippen LogP contribution is -2.18. The Hall–Kier alpha value is -1.38. The number of carbonyl (C=O) groups is 2. The summed E-state index contributed by atoms with van der Waals surface area (Å²) >= 11 is 0. The van der Waals surface area contributed by atoms with Crippen molar-refractivity contribution in [2.24, 2.45) is 11.8 Å². The summed E-state index contributed by atoms with van der Waals surface area (Å²) in [5.74, 6) is -1.08. The first-order valence-corrected chi connectivity index (χ1v) is 5.24. The van der Waals surface area contributed by atoms with Gasteiger partial charge in [0.1, 0.15) is 0 Å². The van der Waals surface area contributed by atoms with E-state index in [2.05, 4.69) is 0 Å². The van der Waals surface area contributed by atoms with Gasteiger partial charge in [0.15, 0.2) is 5.78 Å². The SMILES string of the molecule is CC/C=C\C[C@@H]1C(=O)C=C[C@@H]1CC(=O)O. The van der Waals surface area contributed by atoms with Gasteiger partial charge < -0.3 is 5.11 Å². The minimum absolute atomic E-state index is 0.0485. The third-order valence-electron chi connectivity index (χ3n) is 2.59. The first-order chi connectivity index (χ1) is 7.15. The van der Waals surface area contributed by atoms with E-state index in [1.807, 2.05) is 19.1 Å². The van der Waals surface area contributed by atoms with Crippen molar-refractivity contribution >= 4 is 11.8 Å². The number of carboxylic acid groups (broad SMARTS) is 1. The maximum atomic E-state index is 11.4. The molecule has 0 unspecified atom stereocenters. The second-order valence-corrected chi connectivity index (χ2v) is 3.75. The fraction of sp³-hybridized carbons (Fsp3) is 0.500. The highest BCUT2D eigenvalue weighted by Gasteiger charge is 2.30. The Morgan fingerprint density at radius 3 is 2.87 bits per heavy atom. The highest BCUT2D eigenvalue weighted by molar-refractivity contribution is 5.95. The molecule has 1 N–H and O–H groups in total. The van der Waals surface area contributed by atoms with Crippen molar-refractivity contribution in [3.63, 3.8) is 0 Å². The van der Waals surface area contributed by atoms with E-state index in [9.17, 15) is 9.59 Å². The fourth-order valence-corrected chi connectivity index (χ4v) is 1.80. The molecular formula is C12H16O3. The lowest BCUT2D eigenvalue weighted by molar-refractivity contribution is -0.138. The summed E-state index contributed by atoms with van der Waals surface area (Å²) < 4.78 is 0. The average Bonchev–Trinajstić information content (AvgIpc) is 2.49. The van der Waals surface area contributed by atoms with Crippen LogP contribution in [0.3, 0.4) is 0 Å². The third-order valence-corrected chi connectivity index (χ3v) is 2.59. The normalized spacial score (nSPS) is 25.3. The molecule has 15 heavy (non-hydrogen) atoms. The standard InChI is InChI=1S/C12H16O3/c1-2-3-4-5-10-9(8-12(14)15)6-7-11(10)13/h3-4,6-7,9-10H,2,5,8H2,1H3,(H,14,15)/b4-3-/t9-,10+/m1/s1. The van der Waals surface area contributed by atoms with Crippen LogP contribution in [0.15, 0.2) is 24.3 Å². The van der Waals surface area contributed by atoms with Gasteiger partial charge in [-0.2, -0.15) is 0 Å². The van der Waals surface area contributed by atoms with E-state index >= 15 is 0 Å². The van der Waals surface area contributed by atoms with Gasteiger partial charge in [0.2, 0.25) is 0 Å². The molecule has 82 valence electrons. The third kappa shape index (κ3) is 3.35. The molecule has 3 nitrogen and oxygen atoms in total. The largest absolute Gasteiger partial charge is 0.481 e. The van der Waals surface area contributed by atoms with Crippen LogP contribution in [-0.4, -0.2) is 16.9 Å².